The Morgan fingerprint density at radius 1 is 1.03 bits per heavy atom. The smallest absolute Gasteiger partial charge is 0.230 e. The average molecular weight is 478 g/mol. The van der Waals surface area contributed by atoms with E-state index in [9.17, 15) is 4.79 Å². The number of hydrogen-bond acceptors (Lipinski definition) is 4. The van der Waals surface area contributed by atoms with Crippen LogP contribution >= 0.6 is 23.8 Å². The van der Waals surface area contributed by atoms with Gasteiger partial charge in [0.25, 0.3) is 0 Å². The molecule has 1 aromatic heterocycles. The van der Waals surface area contributed by atoms with Crippen molar-refractivity contribution in [3.05, 3.63) is 82.4 Å². The van der Waals surface area contributed by atoms with Gasteiger partial charge in [-0.3, -0.25) is 4.79 Å². The SMILES string of the molecule is Cc1cc2nn(-c3ccc(C(C)C)cc3)nc2cc1NC(=S)NC(=O)Cc1ccc(Cl)cc1. The lowest BCUT2D eigenvalue weighted by Crippen LogP contribution is -2.35. The first-order chi connectivity index (χ1) is 15.8. The third-order valence-electron chi connectivity index (χ3n) is 5.30. The molecule has 0 spiro atoms. The van der Waals surface area contributed by atoms with E-state index in [0.717, 1.165) is 33.5 Å². The Kier molecular flexibility index (Phi) is 6.72. The number of anilines is 1. The Morgan fingerprint density at radius 2 is 1.67 bits per heavy atom. The van der Waals surface area contributed by atoms with Gasteiger partial charge in [0.2, 0.25) is 5.91 Å². The second-order valence-electron chi connectivity index (χ2n) is 8.20. The van der Waals surface area contributed by atoms with Crippen molar-refractivity contribution in [2.75, 3.05) is 5.32 Å². The summed E-state index contributed by atoms with van der Waals surface area (Å²) < 4.78 is 0. The molecule has 0 aliphatic heterocycles. The minimum atomic E-state index is -0.204. The van der Waals surface area contributed by atoms with Crippen LogP contribution in [0.3, 0.4) is 0 Å². The highest BCUT2D eigenvalue weighted by Gasteiger charge is 2.12. The molecule has 8 heteroatoms. The summed E-state index contributed by atoms with van der Waals surface area (Å²) in [4.78, 5) is 14.0. The molecule has 0 bridgehead atoms. The number of rotatable bonds is 5. The monoisotopic (exact) mass is 477 g/mol. The van der Waals surface area contributed by atoms with Gasteiger partial charge in [-0.05, 0) is 78.1 Å². The number of thiocarbonyl (C=S) groups is 1. The number of nitrogens with one attached hydrogen (secondary N) is 2. The fourth-order valence-corrected chi connectivity index (χ4v) is 3.77. The van der Waals surface area contributed by atoms with Crippen LogP contribution in [0.1, 0.15) is 36.5 Å². The van der Waals surface area contributed by atoms with E-state index in [2.05, 4.69) is 46.8 Å². The molecular formula is C25H24ClN5OS. The summed E-state index contributed by atoms with van der Waals surface area (Å²) in [5.74, 6) is 0.264. The van der Waals surface area contributed by atoms with E-state index in [1.54, 1.807) is 16.9 Å². The third-order valence-corrected chi connectivity index (χ3v) is 5.75. The van der Waals surface area contributed by atoms with Gasteiger partial charge in [-0.2, -0.15) is 4.80 Å². The van der Waals surface area contributed by atoms with Crippen LogP contribution in [0, 0.1) is 6.92 Å². The molecule has 4 aromatic rings. The van der Waals surface area contributed by atoms with Crippen LogP contribution < -0.4 is 10.6 Å². The molecule has 0 saturated carbocycles. The maximum Gasteiger partial charge on any atom is 0.230 e. The summed E-state index contributed by atoms with van der Waals surface area (Å²) in [5, 5.41) is 15.9. The quantitative estimate of drug-likeness (QED) is 0.368. The predicted molar refractivity (Wildman–Crippen MR) is 137 cm³/mol. The molecule has 1 heterocycles. The Labute approximate surface area is 203 Å². The van der Waals surface area contributed by atoms with Gasteiger partial charge in [-0.25, -0.2) is 0 Å². The largest absolute Gasteiger partial charge is 0.332 e. The van der Waals surface area contributed by atoms with E-state index in [1.165, 1.54) is 5.56 Å². The number of fused-ring (bicyclic) bond motifs is 1. The zero-order chi connectivity index (χ0) is 23.5. The lowest BCUT2D eigenvalue weighted by molar-refractivity contribution is -0.119. The van der Waals surface area contributed by atoms with E-state index in [0.29, 0.717) is 10.9 Å². The summed E-state index contributed by atoms with van der Waals surface area (Å²) in [6.45, 7) is 6.28. The van der Waals surface area contributed by atoms with Gasteiger partial charge in [0.05, 0.1) is 12.1 Å². The Balaban J connectivity index is 1.46. The second-order valence-corrected chi connectivity index (χ2v) is 9.04. The molecule has 3 aromatic carbocycles. The van der Waals surface area contributed by atoms with E-state index < -0.39 is 0 Å². The molecule has 0 atom stereocenters. The maximum atomic E-state index is 12.3. The molecule has 0 aliphatic carbocycles. The third kappa shape index (κ3) is 5.56. The number of nitrogens with zero attached hydrogens (tertiary/aromatic N) is 3. The van der Waals surface area contributed by atoms with Crippen molar-refractivity contribution in [3.8, 4) is 5.69 Å². The van der Waals surface area contributed by atoms with Crippen molar-refractivity contribution in [2.45, 2.75) is 33.1 Å². The number of amides is 1. The summed E-state index contributed by atoms with van der Waals surface area (Å²) >= 11 is 11.2. The maximum absolute atomic E-state index is 12.3. The second kappa shape index (κ2) is 9.68. The number of aryl methyl sites for hydroxylation is 1. The van der Waals surface area contributed by atoms with Crippen molar-refractivity contribution >= 4 is 51.6 Å². The van der Waals surface area contributed by atoms with Crippen molar-refractivity contribution in [1.82, 2.24) is 20.3 Å². The van der Waals surface area contributed by atoms with Crippen molar-refractivity contribution in [2.24, 2.45) is 0 Å². The highest BCUT2D eigenvalue weighted by Crippen LogP contribution is 2.23. The molecule has 0 aliphatic rings. The van der Waals surface area contributed by atoms with Gasteiger partial charge in [0.1, 0.15) is 11.0 Å². The Hall–Kier alpha value is -3.29. The van der Waals surface area contributed by atoms with Crippen LogP contribution in [0.25, 0.3) is 16.7 Å². The molecule has 1 amide bonds. The fraction of sp³-hybridized carbons (Fsp3) is 0.200. The summed E-state index contributed by atoms with van der Waals surface area (Å²) in [6.07, 6.45) is 0.209. The molecule has 6 nitrogen and oxygen atoms in total. The topological polar surface area (TPSA) is 71.8 Å². The van der Waals surface area contributed by atoms with Gasteiger partial charge in [-0.15, -0.1) is 10.2 Å². The summed E-state index contributed by atoms with van der Waals surface area (Å²) in [6, 6.07) is 19.2. The summed E-state index contributed by atoms with van der Waals surface area (Å²) in [5.41, 5.74) is 6.24. The van der Waals surface area contributed by atoms with Gasteiger partial charge in [0, 0.05) is 10.7 Å². The van der Waals surface area contributed by atoms with Crippen LogP contribution in [0.5, 0.6) is 0 Å². The fourth-order valence-electron chi connectivity index (χ4n) is 3.42. The zero-order valence-electron chi connectivity index (χ0n) is 18.6. The number of hydrogen-bond donors (Lipinski definition) is 2. The van der Waals surface area contributed by atoms with Crippen molar-refractivity contribution < 1.29 is 4.79 Å². The van der Waals surface area contributed by atoms with Crippen LogP contribution in [0.15, 0.2) is 60.7 Å². The molecule has 4 rings (SSSR count). The van der Waals surface area contributed by atoms with E-state index in [4.69, 9.17) is 23.8 Å². The van der Waals surface area contributed by atoms with Gasteiger partial charge < -0.3 is 10.6 Å². The molecule has 0 saturated heterocycles. The number of halogens is 1. The first-order valence-corrected chi connectivity index (χ1v) is 11.4. The standard InChI is InChI=1S/C25H24ClN5OS/c1-15(2)18-6-10-20(11-7-18)31-29-22-12-16(3)21(14-23(22)30-31)27-25(33)28-24(32)13-17-4-8-19(26)9-5-17/h4-12,14-15H,13H2,1-3H3,(H2,27,28,32,33). The number of aromatic nitrogens is 3. The van der Waals surface area contributed by atoms with Gasteiger partial charge in [0.15, 0.2) is 5.11 Å². The normalized spacial score (nSPS) is 11.1. The lowest BCUT2D eigenvalue weighted by atomic mass is 10.0. The molecule has 33 heavy (non-hydrogen) atoms. The minimum Gasteiger partial charge on any atom is -0.332 e. The van der Waals surface area contributed by atoms with Gasteiger partial charge >= 0.3 is 0 Å². The van der Waals surface area contributed by atoms with Gasteiger partial charge in [-0.1, -0.05) is 49.7 Å². The highest BCUT2D eigenvalue weighted by molar-refractivity contribution is 7.80. The Morgan fingerprint density at radius 3 is 2.30 bits per heavy atom. The molecule has 168 valence electrons. The predicted octanol–water partition coefficient (Wildman–Crippen LogP) is 5.56. The molecule has 0 fully saturated rings. The average Bonchev–Trinajstić information content (AvgIpc) is 3.18. The minimum absolute atomic E-state index is 0.204. The first kappa shape index (κ1) is 22.9. The zero-order valence-corrected chi connectivity index (χ0v) is 20.2. The number of benzene rings is 3. The number of carbonyl (C=O) groups excluding carboxylic acids is 1. The van der Waals surface area contributed by atoms with Crippen LogP contribution in [0.2, 0.25) is 5.02 Å². The first-order valence-electron chi connectivity index (χ1n) is 10.6. The summed E-state index contributed by atoms with van der Waals surface area (Å²) in [7, 11) is 0. The highest BCUT2D eigenvalue weighted by atomic mass is 35.5. The van der Waals surface area contributed by atoms with Crippen molar-refractivity contribution in [1.29, 1.82) is 0 Å². The van der Waals surface area contributed by atoms with Crippen LogP contribution in [0.4, 0.5) is 5.69 Å². The lowest BCUT2D eigenvalue weighted by Gasteiger charge is -2.11. The van der Waals surface area contributed by atoms with Crippen molar-refractivity contribution in [3.63, 3.8) is 0 Å². The van der Waals surface area contributed by atoms with Crippen LogP contribution in [-0.2, 0) is 11.2 Å². The van der Waals surface area contributed by atoms with Crippen LogP contribution in [-0.4, -0.2) is 26.0 Å². The van der Waals surface area contributed by atoms with E-state index in [-0.39, 0.29) is 17.4 Å². The number of carbonyl (C=O) groups is 1. The molecule has 0 radical (unpaired) electrons. The van der Waals surface area contributed by atoms with E-state index in [1.807, 2.05) is 43.3 Å². The van der Waals surface area contributed by atoms with E-state index >= 15 is 0 Å². The Bertz CT molecular complexity index is 1310. The molecule has 0 unspecified atom stereocenters. The molecular weight excluding hydrogens is 454 g/mol. The molecule has 2 N–H and O–H groups in total.